The zero-order valence-electron chi connectivity index (χ0n) is 23.7. The quantitative estimate of drug-likeness (QED) is 0.328. The van der Waals surface area contributed by atoms with Gasteiger partial charge in [0.2, 0.25) is 0 Å². The average Bonchev–Trinajstić information content (AvgIpc) is 3.14. The maximum Gasteiger partial charge on any atom is 0.410 e. The summed E-state index contributed by atoms with van der Waals surface area (Å²) in [7, 11) is -2.25. The fourth-order valence-corrected chi connectivity index (χ4v) is 6.23. The first-order chi connectivity index (χ1) is 16.6. The molecule has 2 saturated heterocycles. The Labute approximate surface area is 218 Å². The molecule has 0 radical (unpaired) electrons. The lowest BCUT2D eigenvalue weighted by Gasteiger charge is -2.50. The zero-order valence-corrected chi connectivity index (χ0v) is 24.7. The first-order valence-corrected chi connectivity index (χ1v) is 16.4. The molecule has 3 heterocycles. The van der Waals surface area contributed by atoms with Gasteiger partial charge in [0.1, 0.15) is 17.0 Å². The normalized spacial score (nSPS) is 25.6. The van der Waals surface area contributed by atoms with Crippen LogP contribution in [0.15, 0.2) is 4.99 Å². The van der Waals surface area contributed by atoms with Crippen molar-refractivity contribution in [3.63, 3.8) is 0 Å². The van der Waals surface area contributed by atoms with Gasteiger partial charge in [-0.25, -0.2) is 9.18 Å². The number of carbonyl (C=O) groups excluding carboxylic acids is 1. The number of piperidine rings is 1. The van der Waals surface area contributed by atoms with Crippen LogP contribution in [0, 0.1) is 0 Å². The van der Waals surface area contributed by atoms with E-state index in [0.29, 0.717) is 51.5 Å². The lowest BCUT2D eigenvalue weighted by atomic mass is 9.89. The van der Waals surface area contributed by atoms with E-state index in [9.17, 15) is 4.79 Å². The maximum absolute atomic E-state index is 15.2. The Morgan fingerprint density at radius 2 is 1.83 bits per heavy atom. The Hall–Kier alpha value is -1.23. The van der Waals surface area contributed by atoms with Crippen molar-refractivity contribution in [1.82, 2.24) is 9.80 Å². The molecule has 8 nitrogen and oxygen atoms in total. The fraction of sp³-hybridized carbons (Fsp3) is 0.923. The maximum atomic E-state index is 15.2. The summed E-state index contributed by atoms with van der Waals surface area (Å²) in [6.07, 6.45) is 2.37. The van der Waals surface area contributed by atoms with E-state index in [1.807, 2.05) is 20.8 Å². The predicted molar refractivity (Wildman–Crippen MR) is 142 cm³/mol. The van der Waals surface area contributed by atoms with Gasteiger partial charge in [-0.1, -0.05) is 20.8 Å². The predicted octanol–water partition coefficient (Wildman–Crippen LogP) is 5.33. The van der Waals surface area contributed by atoms with E-state index >= 15 is 4.39 Å². The number of hydrogen-bond donors (Lipinski definition) is 0. The molecule has 208 valence electrons. The molecule has 0 aliphatic carbocycles. The van der Waals surface area contributed by atoms with Crippen LogP contribution in [-0.2, 0) is 18.6 Å². The third-order valence-electron chi connectivity index (χ3n) is 7.66. The molecule has 0 aromatic rings. The topological polar surface area (TPSA) is 72.8 Å². The van der Waals surface area contributed by atoms with Gasteiger partial charge >= 0.3 is 6.09 Å². The minimum Gasteiger partial charge on any atom is -0.444 e. The Bertz CT molecular complexity index is 781. The number of aliphatic imine (C=N–C) groups is 1. The Morgan fingerprint density at radius 3 is 2.39 bits per heavy atom. The SMILES string of the molecule is CC(C)(C)OC(=O)N1CCC(O[Si](C)(C)C(C)(C)C)(C2=NCC(F)N2CCOC2CCCCO2)CC1. The summed E-state index contributed by atoms with van der Waals surface area (Å²) in [5, 5.41) is -0.0250. The molecule has 3 aliphatic rings. The number of amidine groups is 1. The third-order valence-corrected chi connectivity index (χ3v) is 12.2. The van der Waals surface area contributed by atoms with Gasteiger partial charge in [0.25, 0.3) is 0 Å². The highest BCUT2D eigenvalue weighted by molar-refractivity contribution is 6.74. The van der Waals surface area contributed by atoms with E-state index in [1.165, 1.54) is 0 Å². The minimum atomic E-state index is -2.25. The van der Waals surface area contributed by atoms with Crippen LogP contribution in [0.5, 0.6) is 0 Å². The number of ether oxygens (including phenoxy) is 3. The van der Waals surface area contributed by atoms with Crippen molar-refractivity contribution >= 4 is 20.2 Å². The van der Waals surface area contributed by atoms with Gasteiger partial charge in [-0.2, -0.15) is 0 Å². The highest BCUT2D eigenvalue weighted by atomic mass is 28.4. The monoisotopic (exact) mass is 529 g/mol. The van der Waals surface area contributed by atoms with Crippen LogP contribution in [0.2, 0.25) is 18.1 Å². The lowest BCUT2D eigenvalue weighted by Crippen LogP contribution is -2.62. The highest BCUT2D eigenvalue weighted by Crippen LogP contribution is 2.43. The van der Waals surface area contributed by atoms with Crippen molar-refractivity contribution in [2.75, 3.05) is 39.4 Å². The molecule has 1 amide bonds. The number of rotatable bonds is 7. The molecule has 2 fully saturated rings. The molecule has 0 aromatic heterocycles. The summed E-state index contributed by atoms with van der Waals surface area (Å²) in [6, 6.07) is 0. The Balaban J connectivity index is 1.77. The van der Waals surface area contributed by atoms with E-state index < -0.39 is 25.8 Å². The van der Waals surface area contributed by atoms with Crippen LogP contribution in [0.25, 0.3) is 0 Å². The largest absolute Gasteiger partial charge is 0.444 e. The van der Waals surface area contributed by atoms with Crippen LogP contribution in [0.1, 0.15) is 73.6 Å². The average molecular weight is 530 g/mol. The molecule has 3 rings (SSSR count). The van der Waals surface area contributed by atoms with Crippen molar-refractivity contribution in [2.24, 2.45) is 4.99 Å². The second-order valence-corrected chi connectivity index (χ2v) is 17.5. The minimum absolute atomic E-state index is 0.0250. The van der Waals surface area contributed by atoms with Crippen molar-refractivity contribution in [3.8, 4) is 0 Å². The molecule has 10 heteroatoms. The number of halogens is 1. The van der Waals surface area contributed by atoms with Crippen molar-refractivity contribution < 1.29 is 27.8 Å². The third kappa shape index (κ3) is 7.20. The number of likely N-dealkylation sites (tertiary alicyclic amines) is 1. The molecule has 0 saturated carbocycles. The van der Waals surface area contributed by atoms with Gasteiger partial charge in [-0.3, -0.25) is 4.99 Å². The molecule has 0 aromatic carbocycles. The second kappa shape index (κ2) is 11.3. The fourth-order valence-electron chi connectivity index (χ4n) is 4.65. The van der Waals surface area contributed by atoms with Crippen LogP contribution >= 0.6 is 0 Å². The molecule has 3 aliphatic heterocycles. The highest BCUT2D eigenvalue weighted by Gasteiger charge is 2.52. The Morgan fingerprint density at radius 1 is 1.17 bits per heavy atom. The smallest absolute Gasteiger partial charge is 0.410 e. The lowest BCUT2D eigenvalue weighted by molar-refractivity contribution is -0.164. The van der Waals surface area contributed by atoms with Crippen LogP contribution in [-0.4, -0.2) is 93.2 Å². The molecule has 0 bridgehead atoms. The molecular formula is C26H48FN3O5Si. The van der Waals surface area contributed by atoms with Gasteiger partial charge in [0.05, 0.1) is 13.2 Å². The second-order valence-electron chi connectivity index (χ2n) is 12.8. The number of hydrogen-bond acceptors (Lipinski definition) is 7. The standard InChI is InChI=1S/C26H48FN3O5Si/c1-24(2,3)34-23(31)29-14-12-26(13-15-29,35-36(7,8)25(4,5)6)22-28-19-20(27)30(22)16-18-33-21-11-9-10-17-32-21/h20-21H,9-19H2,1-8H3. The van der Waals surface area contributed by atoms with E-state index in [2.05, 4.69) is 33.9 Å². The van der Waals surface area contributed by atoms with E-state index in [4.69, 9.17) is 23.6 Å². The Kier molecular flexibility index (Phi) is 9.16. The zero-order chi connectivity index (χ0) is 26.8. The summed E-state index contributed by atoms with van der Waals surface area (Å²) in [4.78, 5) is 20.9. The first kappa shape index (κ1) is 29.3. The molecule has 0 N–H and O–H groups in total. The van der Waals surface area contributed by atoms with Gasteiger partial charge in [0, 0.05) is 39.1 Å². The van der Waals surface area contributed by atoms with Gasteiger partial charge in [-0.15, -0.1) is 0 Å². The number of nitrogens with zero attached hydrogens (tertiary/aromatic N) is 3. The summed E-state index contributed by atoms with van der Waals surface area (Å²) < 4.78 is 39.5. The number of alkyl halides is 1. The summed E-state index contributed by atoms with van der Waals surface area (Å²) in [5.74, 6) is 0.664. The van der Waals surface area contributed by atoms with E-state index in [1.54, 1.807) is 9.80 Å². The first-order valence-electron chi connectivity index (χ1n) is 13.5. The van der Waals surface area contributed by atoms with E-state index in [-0.39, 0.29) is 24.0 Å². The van der Waals surface area contributed by atoms with Gasteiger partial charge in [-0.05, 0) is 58.2 Å². The van der Waals surface area contributed by atoms with Crippen LogP contribution < -0.4 is 0 Å². The molecule has 0 spiro atoms. The number of carbonyl (C=O) groups is 1. The summed E-state index contributed by atoms with van der Waals surface area (Å²) >= 11 is 0. The van der Waals surface area contributed by atoms with E-state index in [0.717, 1.165) is 19.3 Å². The molecule has 36 heavy (non-hydrogen) atoms. The van der Waals surface area contributed by atoms with Crippen LogP contribution in [0.4, 0.5) is 9.18 Å². The molecule has 2 atom stereocenters. The summed E-state index contributed by atoms with van der Waals surface area (Å²) in [5.41, 5.74) is -1.30. The van der Waals surface area contributed by atoms with Crippen molar-refractivity contribution in [3.05, 3.63) is 0 Å². The van der Waals surface area contributed by atoms with Crippen molar-refractivity contribution in [2.45, 2.75) is 116 Å². The van der Waals surface area contributed by atoms with Crippen molar-refractivity contribution in [1.29, 1.82) is 0 Å². The van der Waals surface area contributed by atoms with Crippen LogP contribution in [0.3, 0.4) is 0 Å². The van der Waals surface area contributed by atoms with Gasteiger partial charge in [0.15, 0.2) is 20.9 Å². The molecular weight excluding hydrogens is 481 g/mol. The summed E-state index contributed by atoms with van der Waals surface area (Å²) in [6.45, 7) is 19.1. The number of amides is 1. The molecule has 2 unspecified atom stereocenters. The van der Waals surface area contributed by atoms with Gasteiger partial charge < -0.3 is 28.4 Å².